The van der Waals surface area contributed by atoms with Crippen LogP contribution in [-0.4, -0.2) is 34.7 Å². The van der Waals surface area contributed by atoms with Crippen LogP contribution in [0.25, 0.3) is 20.3 Å². The maximum absolute atomic E-state index is 13.5. The molecule has 1 N–H and O–H groups in total. The van der Waals surface area contributed by atoms with Crippen molar-refractivity contribution >= 4 is 49.3 Å². The topological polar surface area (TPSA) is 73.2 Å². The van der Waals surface area contributed by atoms with Crippen molar-refractivity contribution in [2.45, 2.75) is 49.7 Å². The van der Waals surface area contributed by atoms with Crippen molar-refractivity contribution in [3.8, 4) is 0 Å². The van der Waals surface area contributed by atoms with Crippen molar-refractivity contribution in [1.29, 1.82) is 0 Å². The van der Waals surface area contributed by atoms with E-state index in [4.69, 9.17) is 9.72 Å². The summed E-state index contributed by atoms with van der Waals surface area (Å²) in [6.07, 6.45) is 2.34. The number of aromatic nitrogens is 2. The normalized spacial score (nSPS) is 15.9. The van der Waals surface area contributed by atoms with E-state index in [9.17, 15) is 9.59 Å². The van der Waals surface area contributed by atoms with Gasteiger partial charge in [0.15, 0.2) is 5.16 Å². The molecule has 2 aromatic heterocycles. The molecule has 0 aliphatic carbocycles. The molecule has 1 aliphatic rings. The van der Waals surface area contributed by atoms with E-state index in [-0.39, 0.29) is 24.0 Å². The van der Waals surface area contributed by atoms with Crippen LogP contribution >= 0.6 is 23.1 Å². The zero-order chi connectivity index (χ0) is 23.5. The molecule has 1 amide bonds. The highest BCUT2D eigenvalue weighted by atomic mass is 32.2. The number of aryl methyl sites for hydroxylation is 1. The highest BCUT2D eigenvalue weighted by molar-refractivity contribution is 7.98. The first-order valence-corrected chi connectivity index (χ1v) is 13.4. The number of amides is 1. The summed E-state index contributed by atoms with van der Waals surface area (Å²) in [6.45, 7) is 3.65. The van der Waals surface area contributed by atoms with Crippen LogP contribution in [0, 0.1) is 6.92 Å². The molecule has 8 heteroatoms. The van der Waals surface area contributed by atoms with Crippen LogP contribution in [0.15, 0.2) is 58.5 Å². The molecule has 1 aliphatic heterocycles. The van der Waals surface area contributed by atoms with Crippen LogP contribution in [0.4, 0.5) is 0 Å². The summed E-state index contributed by atoms with van der Waals surface area (Å²) in [4.78, 5) is 31.0. The third-order valence-electron chi connectivity index (χ3n) is 6.01. The number of nitrogens with one attached hydrogen (secondary N) is 1. The first kappa shape index (κ1) is 23.1. The van der Waals surface area contributed by atoms with Crippen molar-refractivity contribution in [3.63, 3.8) is 0 Å². The summed E-state index contributed by atoms with van der Waals surface area (Å²) in [5, 5.41) is 4.60. The standard InChI is InChI=1S/C26H27N3O3S2/c1-17-6-4-7-18(14-17)16-33-26-28-23-20-9-2-3-10-21(20)34-24(23)25(31)29(26)12-11-22(30)27-15-19-8-5-13-32-19/h2-4,6-7,9-10,14,19H,5,8,11-13,15-16H2,1H3,(H,27,30)/t19-/m1/s1. The molecule has 1 atom stereocenters. The zero-order valence-corrected chi connectivity index (χ0v) is 20.7. The number of fused-ring (bicyclic) bond motifs is 3. The number of carbonyl (C=O) groups is 1. The third kappa shape index (κ3) is 5.04. The molecule has 1 fully saturated rings. The van der Waals surface area contributed by atoms with Gasteiger partial charge < -0.3 is 10.1 Å². The second kappa shape index (κ2) is 10.3. The van der Waals surface area contributed by atoms with E-state index in [2.05, 4.69) is 30.4 Å². The predicted octanol–water partition coefficient (Wildman–Crippen LogP) is 4.90. The SMILES string of the molecule is Cc1cccc(CSc2nc3c(sc4ccccc43)c(=O)n2CCC(=O)NC[C@H]2CCCO2)c1. The summed E-state index contributed by atoms with van der Waals surface area (Å²) in [5.41, 5.74) is 3.04. The fourth-order valence-electron chi connectivity index (χ4n) is 4.25. The second-order valence-corrected chi connectivity index (χ2v) is 10.6. The van der Waals surface area contributed by atoms with Crippen LogP contribution in [0.1, 0.15) is 30.4 Å². The van der Waals surface area contributed by atoms with Crippen molar-refractivity contribution in [2.24, 2.45) is 0 Å². The maximum atomic E-state index is 13.5. The minimum absolute atomic E-state index is 0.0755. The summed E-state index contributed by atoms with van der Waals surface area (Å²) in [5.74, 6) is 0.626. The van der Waals surface area contributed by atoms with E-state index < -0.39 is 0 Å². The van der Waals surface area contributed by atoms with E-state index >= 15 is 0 Å². The van der Waals surface area contributed by atoms with Gasteiger partial charge in [-0.15, -0.1) is 11.3 Å². The molecule has 0 bridgehead atoms. The molecular weight excluding hydrogens is 466 g/mol. The van der Waals surface area contributed by atoms with E-state index in [1.165, 1.54) is 22.5 Å². The molecule has 0 spiro atoms. The van der Waals surface area contributed by atoms with Crippen molar-refractivity contribution in [2.75, 3.05) is 13.2 Å². The van der Waals surface area contributed by atoms with Crippen LogP contribution in [0.5, 0.6) is 0 Å². The maximum Gasteiger partial charge on any atom is 0.272 e. The van der Waals surface area contributed by atoms with Gasteiger partial charge in [-0.25, -0.2) is 4.98 Å². The lowest BCUT2D eigenvalue weighted by atomic mass is 10.2. The van der Waals surface area contributed by atoms with Crippen LogP contribution in [0.2, 0.25) is 0 Å². The largest absolute Gasteiger partial charge is 0.376 e. The van der Waals surface area contributed by atoms with E-state index in [0.717, 1.165) is 35.1 Å². The van der Waals surface area contributed by atoms with Gasteiger partial charge in [-0.3, -0.25) is 14.2 Å². The van der Waals surface area contributed by atoms with Gasteiger partial charge in [0.1, 0.15) is 4.70 Å². The summed E-state index contributed by atoms with van der Waals surface area (Å²) in [6, 6.07) is 16.3. The Hall–Kier alpha value is -2.68. The van der Waals surface area contributed by atoms with Gasteiger partial charge in [0.05, 0.1) is 11.6 Å². The minimum atomic E-state index is -0.0788. The van der Waals surface area contributed by atoms with E-state index in [1.54, 1.807) is 16.3 Å². The Labute approximate surface area is 206 Å². The molecule has 3 heterocycles. The van der Waals surface area contributed by atoms with Gasteiger partial charge in [-0.1, -0.05) is 59.8 Å². The van der Waals surface area contributed by atoms with E-state index in [1.807, 2.05) is 30.3 Å². The fourth-order valence-corrected chi connectivity index (χ4v) is 6.30. The van der Waals surface area contributed by atoms with Gasteiger partial charge in [-0.2, -0.15) is 0 Å². The average Bonchev–Trinajstić information content (AvgIpc) is 3.49. The predicted molar refractivity (Wildman–Crippen MR) is 139 cm³/mol. The van der Waals surface area contributed by atoms with E-state index in [0.29, 0.717) is 28.7 Å². The van der Waals surface area contributed by atoms with Crippen LogP contribution in [-0.2, 0) is 21.8 Å². The number of benzene rings is 2. The number of hydrogen-bond acceptors (Lipinski definition) is 6. The lowest BCUT2D eigenvalue weighted by molar-refractivity contribution is -0.121. The Morgan fingerprint density at radius 2 is 2.15 bits per heavy atom. The molecule has 0 radical (unpaired) electrons. The fraction of sp³-hybridized carbons (Fsp3) is 0.346. The van der Waals surface area contributed by atoms with Gasteiger partial charge in [0.2, 0.25) is 5.91 Å². The number of rotatable bonds is 8. The number of thioether (sulfide) groups is 1. The molecule has 1 saturated heterocycles. The Morgan fingerprint density at radius 3 is 2.97 bits per heavy atom. The number of hydrogen-bond donors (Lipinski definition) is 1. The van der Waals surface area contributed by atoms with Gasteiger partial charge in [0.25, 0.3) is 5.56 Å². The first-order chi connectivity index (χ1) is 16.6. The third-order valence-corrected chi connectivity index (χ3v) is 8.21. The molecule has 2 aromatic carbocycles. The number of ether oxygens (including phenoxy) is 1. The number of carbonyl (C=O) groups excluding carboxylic acids is 1. The molecule has 5 rings (SSSR count). The Bertz CT molecular complexity index is 1390. The smallest absolute Gasteiger partial charge is 0.272 e. The quantitative estimate of drug-likeness (QED) is 0.279. The summed E-state index contributed by atoms with van der Waals surface area (Å²) < 4.78 is 8.94. The highest BCUT2D eigenvalue weighted by Gasteiger charge is 2.19. The Kier molecular flexibility index (Phi) is 6.99. The summed E-state index contributed by atoms with van der Waals surface area (Å²) in [7, 11) is 0. The monoisotopic (exact) mass is 493 g/mol. The molecule has 34 heavy (non-hydrogen) atoms. The Balaban J connectivity index is 1.42. The van der Waals surface area contributed by atoms with Gasteiger partial charge >= 0.3 is 0 Å². The average molecular weight is 494 g/mol. The summed E-state index contributed by atoms with van der Waals surface area (Å²) >= 11 is 3.01. The number of thiophene rings is 1. The molecule has 176 valence electrons. The van der Waals surface area contributed by atoms with Crippen LogP contribution < -0.4 is 10.9 Å². The van der Waals surface area contributed by atoms with Gasteiger partial charge in [-0.05, 0) is 31.4 Å². The highest BCUT2D eigenvalue weighted by Crippen LogP contribution is 2.32. The molecule has 4 aromatic rings. The van der Waals surface area contributed by atoms with Crippen molar-refractivity contribution in [3.05, 3.63) is 70.0 Å². The van der Waals surface area contributed by atoms with Crippen molar-refractivity contribution in [1.82, 2.24) is 14.9 Å². The zero-order valence-electron chi connectivity index (χ0n) is 19.1. The van der Waals surface area contributed by atoms with Crippen molar-refractivity contribution < 1.29 is 9.53 Å². The lowest BCUT2D eigenvalue weighted by Crippen LogP contribution is -2.33. The second-order valence-electron chi connectivity index (χ2n) is 8.59. The molecule has 0 saturated carbocycles. The molecule has 6 nitrogen and oxygen atoms in total. The van der Waals surface area contributed by atoms with Crippen LogP contribution in [0.3, 0.4) is 0 Å². The molecular formula is C26H27N3O3S2. The number of nitrogens with zero attached hydrogens (tertiary/aromatic N) is 2. The minimum Gasteiger partial charge on any atom is -0.376 e. The Morgan fingerprint density at radius 1 is 1.26 bits per heavy atom. The van der Waals surface area contributed by atoms with Gasteiger partial charge in [0, 0.05) is 42.0 Å². The first-order valence-electron chi connectivity index (χ1n) is 11.6. The lowest BCUT2D eigenvalue weighted by Gasteiger charge is -2.14. The molecule has 0 unspecified atom stereocenters.